The third kappa shape index (κ3) is 4.58. The highest BCUT2D eigenvalue weighted by molar-refractivity contribution is 6.22. The van der Waals surface area contributed by atoms with Crippen LogP contribution < -0.4 is 0 Å². The zero-order chi connectivity index (χ0) is 28.4. The van der Waals surface area contributed by atoms with Gasteiger partial charge in [-0.1, -0.05) is 19.9 Å². The highest BCUT2D eigenvalue weighted by Gasteiger charge is 2.64. The first-order chi connectivity index (χ1) is 17.5. The van der Waals surface area contributed by atoms with Crippen molar-refractivity contribution in [3.05, 3.63) is 34.6 Å². The van der Waals surface area contributed by atoms with Crippen LogP contribution in [0.15, 0.2) is 34.6 Å². The molecular weight excluding hydrogens is 488 g/mol. The average molecular weight is 531 g/mol. The minimum absolute atomic E-state index is 0.0699. The lowest BCUT2D eigenvalue weighted by atomic mass is 9.52. The summed E-state index contributed by atoms with van der Waals surface area (Å²) in [6.45, 7) is 14.0. The highest BCUT2D eigenvalue weighted by atomic mass is 16.5. The van der Waals surface area contributed by atoms with Gasteiger partial charge >= 0.3 is 5.97 Å². The van der Waals surface area contributed by atoms with Crippen LogP contribution in [-0.4, -0.2) is 63.4 Å². The van der Waals surface area contributed by atoms with Gasteiger partial charge in [0.15, 0.2) is 11.5 Å². The highest BCUT2D eigenvalue weighted by Crippen LogP contribution is 2.59. The Kier molecular flexibility index (Phi) is 7.34. The van der Waals surface area contributed by atoms with Crippen LogP contribution in [0.5, 0.6) is 0 Å². The molecule has 0 bridgehead atoms. The molecule has 8 heteroatoms. The number of ketones is 2. The number of hydrogen-bond donors (Lipinski definition) is 2. The first-order valence-corrected chi connectivity index (χ1v) is 13.6. The summed E-state index contributed by atoms with van der Waals surface area (Å²) >= 11 is 0. The number of allylic oxidation sites excluding steroid dienone is 4. The van der Waals surface area contributed by atoms with E-state index in [1.165, 1.54) is 13.0 Å². The Balaban J connectivity index is 1.66. The van der Waals surface area contributed by atoms with Crippen molar-refractivity contribution in [2.75, 3.05) is 0 Å². The summed E-state index contributed by atoms with van der Waals surface area (Å²) in [5.74, 6) is -1.87. The molecule has 2 aliphatic carbocycles. The number of Topliss-reactive ketones (excluding diaryl/α,β-unsaturated/α-hetero) is 1. The average Bonchev–Trinajstić information content (AvgIpc) is 2.83. The van der Waals surface area contributed by atoms with Crippen LogP contribution in [-0.2, 0) is 28.6 Å². The summed E-state index contributed by atoms with van der Waals surface area (Å²) in [7, 11) is 0. The summed E-state index contributed by atoms with van der Waals surface area (Å²) in [5.41, 5.74) is -1.24. The number of esters is 1. The molecular formula is C30H42O8. The van der Waals surface area contributed by atoms with Crippen molar-refractivity contribution in [3.63, 3.8) is 0 Å². The summed E-state index contributed by atoms with van der Waals surface area (Å²) in [6.07, 6.45) is 2.63. The van der Waals surface area contributed by atoms with Gasteiger partial charge in [-0.2, -0.15) is 0 Å². The fourth-order valence-corrected chi connectivity index (χ4v) is 7.02. The zero-order valence-corrected chi connectivity index (χ0v) is 23.8. The monoisotopic (exact) mass is 530 g/mol. The standard InChI is InChI=1S/C30H42O8/c1-9-15(2)26(36-17(4)31)16(3)18-12-20(32)19-13-21-29(7,38-27(19)25(18)34)11-10-23-30(21,8)22(33)14-24(37-23)28(5,6)35/h9,12,16,21-24,26,33,35H,10-11,13-14H2,1-8H3/b15-9+/t16-,21-,22-,23+,24+,26+,29+,30-/m0/s1. The molecule has 38 heavy (non-hydrogen) atoms. The lowest BCUT2D eigenvalue weighted by molar-refractivity contribution is -0.279. The number of rotatable bonds is 5. The zero-order valence-electron chi connectivity index (χ0n) is 23.8. The molecule has 1 saturated carbocycles. The normalized spacial score (nSPS) is 37.3. The van der Waals surface area contributed by atoms with Crippen LogP contribution in [0.3, 0.4) is 0 Å². The molecule has 0 unspecified atom stereocenters. The Labute approximate surface area is 225 Å². The Morgan fingerprint density at radius 2 is 1.92 bits per heavy atom. The molecule has 210 valence electrons. The quantitative estimate of drug-likeness (QED) is 0.314. The van der Waals surface area contributed by atoms with Gasteiger partial charge < -0.3 is 24.4 Å². The molecule has 8 nitrogen and oxygen atoms in total. The van der Waals surface area contributed by atoms with Crippen molar-refractivity contribution in [2.24, 2.45) is 17.3 Å². The van der Waals surface area contributed by atoms with Gasteiger partial charge in [-0.15, -0.1) is 0 Å². The van der Waals surface area contributed by atoms with E-state index in [4.69, 9.17) is 14.2 Å². The van der Waals surface area contributed by atoms with E-state index >= 15 is 0 Å². The van der Waals surface area contributed by atoms with Crippen molar-refractivity contribution in [2.45, 2.75) is 117 Å². The molecule has 2 aliphatic heterocycles. The van der Waals surface area contributed by atoms with Crippen molar-refractivity contribution >= 4 is 17.5 Å². The fraction of sp³-hybridized carbons (Fsp3) is 0.700. The molecule has 0 amide bonds. The van der Waals surface area contributed by atoms with Crippen LogP contribution in [0, 0.1) is 17.3 Å². The van der Waals surface area contributed by atoms with E-state index in [2.05, 4.69) is 0 Å². The van der Waals surface area contributed by atoms with Gasteiger partial charge in [0.25, 0.3) is 0 Å². The first-order valence-electron chi connectivity index (χ1n) is 13.6. The maximum atomic E-state index is 13.8. The molecule has 4 aliphatic rings. The van der Waals surface area contributed by atoms with Crippen LogP contribution >= 0.6 is 0 Å². The Morgan fingerprint density at radius 1 is 1.26 bits per heavy atom. The molecule has 2 N–H and O–H groups in total. The minimum Gasteiger partial charge on any atom is -0.483 e. The van der Waals surface area contributed by atoms with E-state index in [1.54, 1.807) is 20.8 Å². The van der Waals surface area contributed by atoms with Crippen molar-refractivity contribution < 1.29 is 38.8 Å². The Morgan fingerprint density at radius 3 is 2.50 bits per heavy atom. The molecule has 2 heterocycles. The predicted molar refractivity (Wildman–Crippen MR) is 140 cm³/mol. The number of carbonyl (C=O) groups is 3. The molecule has 4 rings (SSSR count). The minimum atomic E-state index is -1.10. The third-order valence-corrected chi connectivity index (χ3v) is 9.57. The number of aliphatic hydroxyl groups excluding tert-OH is 1. The summed E-state index contributed by atoms with van der Waals surface area (Å²) in [6, 6.07) is 0. The van der Waals surface area contributed by atoms with Gasteiger partial charge in [0.05, 0.1) is 23.9 Å². The van der Waals surface area contributed by atoms with Gasteiger partial charge in [0.1, 0.15) is 11.7 Å². The number of carbonyl (C=O) groups excluding carboxylic acids is 3. The van der Waals surface area contributed by atoms with Crippen molar-refractivity contribution in [1.82, 2.24) is 0 Å². The van der Waals surface area contributed by atoms with Crippen LogP contribution in [0.25, 0.3) is 0 Å². The Bertz CT molecular complexity index is 1120. The number of ether oxygens (including phenoxy) is 3. The van der Waals surface area contributed by atoms with Crippen LogP contribution in [0.4, 0.5) is 0 Å². The van der Waals surface area contributed by atoms with Crippen molar-refractivity contribution in [1.29, 1.82) is 0 Å². The SMILES string of the molecule is C/C=C(\C)[C@@H](OC(C)=O)[C@@H](C)C1=CC(=O)C2=C(O[C@]3(C)CC[C@H]4O[C@@H](C(C)(C)O)C[C@H](O)[C@]4(C)[C@H]3C2)C1=O. The summed E-state index contributed by atoms with van der Waals surface area (Å²) in [4.78, 5) is 39.0. The molecule has 0 radical (unpaired) electrons. The summed E-state index contributed by atoms with van der Waals surface area (Å²) < 4.78 is 18.4. The van der Waals surface area contributed by atoms with E-state index in [-0.39, 0.29) is 47.8 Å². The second kappa shape index (κ2) is 9.72. The molecule has 0 aromatic carbocycles. The van der Waals surface area contributed by atoms with Gasteiger partial charge in [0.2, 0.25) is 5.78 Å². The van der Waals surface area contributed by atoms with Gasteiger partial charge in [-0.05, 0) is 65.5 Å². The van der Waals surface area contributed by atoms with E-state index in [9.17, 15) is 24.6 Å². The van der Waals surface area contributed by atoms with Crippen molar-refractivity contribution in [3.8, 4) is 0 Å². The second-order valence-corrected chi connectivity index (χ2v) is 12.5. The smallest absolute Gasteiger partial charge is 0.303 e. The van der Waals surface area contributed by atoms with Gasteiger partial charge in [-0.25, -0.2) is 0 Å². The van der Waals surface area contributed by atoms with E-state index in [0.29, 0.717) is 18.4 Å². The molecule has 0 spiro atoms. The van der Waals surface area contributed by atoms with E-state index < -0.39 is 46.8 Å². The summed E-state index contributed by atoms with van der Waals surface area (Å²) in [5, 5.41) is 22.0. The third-order valence-electron chi connectivity index (χ3n) is 9.57. The fourth-order valence-electron chi connectivity index (χ4n) is 7.02. The van der Waals surface area contributed by atoms with Gasteiger partial charge in [-0.3, -0.25) is 14.4 Å². The second-order valence-electron chi connectivity index (χ2n) is 12.5. The lowest BCUT2D eigenvalue weighted by Gasteiger charge is -2.62. The molecule has 2 fully saturated rings. The maximum Gasteiger partial charge on any atom is 0.303 e. The lowest BCUT2D eigenvalue weighted by Crippen LogP contribution is -2.67. The van der Waals surface area contributed by atoms with Gasteiger partial charge in [0, 0.05) is 41.7 Å². The number of hydrogen-bond acceptors (Lipinski definition) is 8. The van der Waals surface area contributed by atoms with E-state index in [1.807, 2.05) is 33.8 Å². The number of aliphatic hydroxyl groups is 2. The van der Waals surface area contributed by atoms with Crippen LogP contribution in [0.1, 0.15) is 81.1 Å². The molecule has 0 aromatic heterocycles. The first kappa shape index (κ1) is 28.7. The number of fused-ring (bicyclic) bond motifs is 3. The predicted octanol–water partition coefficient (Wildman–Crippen LogP) is 3.74. The Hall–Kier alpha value is -2.29. The molecule has 1 saturated heterocycles. The molecule has 0 aromatic rings. The molecule has 8 atom stereocenters. The largest absolute Gasteiger partial charge is 0.483 e. The van der Waals surface area contributed by atoms with Crippen LogP contribution in [0.2, 0.25) is 0 Å². The maximum absolute atomic E-state index is 13.8. The topological polar surface area (TPSA) is 119 Å². The van der Waals surface area contributed by atoms with E-state index in [0.717, 1.165) is 5.57 Å².